The Kier molecular flexibility index (Phi) is 3.99. The SMILES string of the molecule is Clc1ccc(-n2cccn2)c(NC2CCSCC2)c1. The van der Waals surface area contributed by atoms with E-state index in [-0.39, 0.29) is 0 Å². The van der Waals surface area contributed by atoms with Gasteiger partial charge in [-0.1, -0.05) is 11.6 Å². The molecule has 1 aromatic carbocycles. The van der Waals surface area contributed by atoms with Gasteiger partial charge in [0.25, 0.3) is 0 Å². The van der Waals surface area contributed by atoms with Crippen molar-refractivity contribution in [2.75, 3.05) is 16.8 Å². The predicted molar refractivity (Wildman–Crippen MR) is 82.5 cm³/mol. The van der Waals surface area contributed by atoms with Crippen LogP contribution in [0.3, 0.4) is 0 Å². The second kappa shape index (κ2) is 5.88. The van der Waals surface area contributed by atoms with E-state index in [1.54, 1.807) is 6.20 Å². The highest BCUT2D eigenvalue weighted by atomic mass is 35.5. The van der Waals surface area contributed by atoms with E-state index in [9.17, 15) is 0 Å². The summed E-state index contributed by atoms with van der Waals surface area (Å²) in [6, 6.07) is 8.36. The van der Waals surface area contributed by atoms with E-state index >= 15 is 0 Å². The third-order valence-electron chi connectivity index (χ3n) is 3.29. The van der Waals surface area contributed by atoms with Crippen LogP contribution in [-0.2, 0) is 0 Å². The van der Waals surface area contributed by atoms with Gasteiger partial charge in [0.1, 0.15) is 0 Å². The first-order valence-corrected chi connectivity index (χ1v) is 8.00. The number of hydrogen-bond donors (Lipinski definition) is 1. The minimum atomic E-state index is 0.536. The number of aromatic nitrogens is 2. The largest absolute Gasteiger partial charge is 0.380 e. The number of nitrogens with one attached hydrogen (secondary N) is 1. The van der Waals surface area contributed by atoms with Gasteiger partial charge < -0.3 is 5.32 Å². The van der Waals surface area contributed by atoms with Crippen LogP contribution < -0.4 is 5.32 Å². The first-order valence-electron chi connectivity index (χ1n) is 6.47. The summed E-state index contributed by atoms with van der Waals surface area (Å²) in [5.74, 6) is 2.46. The molecule has 1 aliphatic rings. The second-order valence-corrected chi connectivity index (χ2v) is 6.30. The Morgan fingerprint density at radius 2 is 2.16 bits per heavy atom. The third-order valence-corrected chi connectivity index (χ3v) is 4.57. The lowest BCUT2D eigenvalue weighted by molar-refractivity contribution is 0.665. The van der Waals surface area contributed by atoms with Crippen molar-refractivity contribution in [3.8, 4) is 5.69 Å². The predicted octanol–water partition coefficient (Wildman–Crippen LogP) is 3.83. The van der Waals surface area contributed by atoms with Crippen LogP contribution >= 0.6 is 23.4 Å². The number of anilines is 1. The summed E-state index contributed by atoms with van der Waals surface area (Å²) in [4.78, 5) is 0. The molecule has 5 heteroatoms. The fourth-order valence-electron chi connectivity index (χ4n) is 2.30. The maximum atomic E-state index is 6.12. The standard InChI is InChI=1S/C14H16ClN3S/c15-11-2-3-14(18-7-1-6-16-18)13(10-11)17-12-4-8-19-9-5-12/h1-3,6-7,10,12,17H,4-5,8-9H2. The van der Waals surface area contributed by atoms with Crippen LogP contribution in [0.4, 0.5) is 5.69 Å². The van der Waals surface area contributed by atoms with Crippen LogP contribution in [0.15, 0.2) is 36.7 Å². The van der Waals surface area contributed by atoms with Crippen molar-refractivity contribution in [3.05, 3.63) is 41.7 Å². The van der Waals surface area contributed by atoms with Gasteiger partial charge in [-0.25, -0.2) is 4.68 Å². The minimum absolute atomic E-state index is 0.536. The molecular weight excluding hydrogens is 278 g/mol. The third kappa shape index (κ3) is 3.07. The van der Waals surface area contributed by atoms with Gasteiger partial charge in [-0.15, -0.1) is 0 Å². The summed E-state index contributed by atoms with van der Waals surface area (Å²) in [6.07, 6.45) is 6.15. The van der Waals surface area contributed by atoms with Crippen molar-refractivity contribution in [2.24, 2.45) is 0 Å². The van der Waals surface area contributed by atoms with Gasteiger partial charge in [0.15, 0.2) is 0 Å². The van der Waals surface area contributed by atoms with E-state index < -0.39 is 0 Å². The van der Waals surface area contributed by atoms with E-state index in [1.807, 2.05) is 46.9 Å². The van der Waals surface area contributed by atoms with Gasteiger partial charge in [-0.2, -0.15) is 16.9 Å². The molecule has 0 radical (unpaired) electrons. The van der Waals surface area contributed by atoms with Crippen LogP contribution in [0.1, 0.15) is 12.8 Å². The zero-order valence-electron chi connectivity index (χ0n) is 10.6. The van der Waals surface area contributed by atoms with Gasteiger partial charge in [0.05, 0.1) is 11.4 Å². The van der Waals surface area contributed by atoms with E-state index in [1.165, 1.54) is 24.3 Å². The summed E-state index contributed by atoms with van der Waals surface area (Å²) in [5, 5.41) is 8.67. The summed E-state index contributed by atoms with van der Waals surface area (Å²) >= 11 is 8.15. The van der Waals surface area contributed by atoms with Crippen LogP contribution in [0.25, 0.3) is 5.69 Å². The molecule has 1 fully saturated rings. The number of thioether (sulfide) groups is 1. The minimum Gasteiger partial charge on any atom is -0.380 e. The Hall–Kier alpha value is -1.13. The molecule has 3 rings (SSSR count). The van der Waals surface area contributed by atoms with Crippen molar-refractivity contribution in [2.45, 2.75) is 18.9 Å². The van der Waals surface area contributed by atoms with Gasteiger partial charge in [0.2, 0.25) is 0 Å². The van der Waals surface area contributed by atoms with Crippen LogP contribution in [0.5, 0.6) is 0 Å². The van der Waals surface area contributed by atoms with E-state index in [0.29, 0.717) is 6.04 Å². The van der Waals surface area contributed by atoms with E-state index in [4.69, 9.17) is 11.6 Å². The van der Waals surface area contributed by atoms with Crippen LogP contribution in [0, 0.1) is 0 Å². The molecule has 1 aromatic heterocycles. The Labute approximate surface area is 122 Å². The normalized spacial score (nSPS) is 16.5. The Balaban J connectivity index is 1.88. The highest BCUT2D eigenvalue weighted by Gasteiger charge is 2.15. The lowest BCUT2D eigenvalue weighted by Gasteiger charge is -2.25. The maximum Gasteiger partial charge on any atom is 0.0877 e. The quantitative estimate of drug-likeness (QED) is 0.933. The first-order chi connectivity index (χ1) is 9.33. The Bertz CT molecular complexity index is 536. The molecule has 0 atom stereocenters. The molecule has 0 aliphatic carbocycles. The zero-order valence-corrected chi connectivity index (χ0v) is 12.1. The summed E-state index contributed by atoms with van der Waals surface area (Å²) in [6.45, 7) is 0. The average Bonchev–Trinajstić information content (AvgIpc) is 2.94. The van der Waals surface area contributed by atoms with E-state index in [0.717, 1.165) is 16.4 Å². The molecule has 1 saturated heterocycles. The molecule has 2 heterocycles. The molecule has 19 heavy (non-hydrogen) atoms. The van der Waals surface area contributed by atoms with Crippen molar-refractivity contribution in [1.82, 2.24) is 9.78 Å². The van der Waals surface area contributed by atoms with Crippen molar-refractivity contribution in [1.29, 1.82) is 0 Å². The van der Waals surface area contributed by atoms with Gasteiger partial charge >= 0.3 is 0 Å². The van der Waals surface area contributed by atoms with Crippen molar-refractivity contribution in [3.63, 3.8) is 0 Å². The fourth-order valence-corrected chi connectivity index (χ4v) is 3.58. The second-order valence-electron chi connectivity index (χ2n) is 4.64. The molecular formula is C14H16ClN3S. The monoisotopic (exact) mass is 293 g/mol. The smallest absolute Gasteiger partial charge is 0.0877 e. The molecule has 0 amide bonds. The Morgan fingerprint density at radius 3 is 2.89 bits per heavy atom. The number of rotatable bonds is 3. The lowest BCUT2D eigenvalue weighted by atomic mass is 10.1. The molecule has 1 N–H and O–H groups in total. The number of halogens is 1. The van der Waals surface area contributed by atoms with Gasteiger partial charge in [0, 0.05) is 23.5 Å². The number of hydrogen-bond acceptors (Lipinski definition) is 3. The van der Waals surface area contributed by atoms with Crippen LogP contribution in [-0.4, -0.2) is 27.3 Å². The van der Waals surface area contributed by atoms with Crippen molar-refractivity contribution >= 4 is 29.1 Å². The van der Waals surface area contributed by atoms with Crippen molar-refractivity contribution < 1.29 is 0 Å². The molecule has 3 nitrogen and oxygen atoms in total. The molecule has 0 saturated carbocycles. The maximum absolute atomic E-state index is 6.12. The summed E-state index contributed by atoms with van der Waals surface area (Å²) in [5.41, 5.74) is 2.11. The van der Waals surface area contributed by atoms with Gasteiger partial charge in [-0.3, -0.25) is 0 Å². The number of nitrogens with zero attached hydrogens (tertiary/aromatic N) is 2. The average molecular weight is 294 g/mol. The fraction of sp³-hybridized carbons (Fsp3) is 0.357. The lowest BCUT2D eigenvalue weighted by Crippen LogP contribution is -2.25. The molecule has 0 spiro atoms. The molecule has 2 aromatic rings. The van der Waals surface area contributed by atoms with Gasteiger partial charge in [-0.05, 0) is 48.6 Å². The summed E-state index contributed by atoms with van der Waals surface area (Å²) < 4.78 is 1.87. The highest BCUT2D eigenvalue weighted by Crippen LogP contribution is 2.27. The van der Waals surface area contributed by atoms with Crippen LogP contribution in [0.2, 0.25) is 5.02 Å². The number of benzene rings is 1. The summed E-state index contributed by atoms with van der Waals surface area (Å²) in [7, 11) is 0. The molecule has 100 valence electrons. The first kappa shape index (κ1) is 12.9. The van der Waals surface area contributed by atoms with E-state index in [2.05, 4.69) is 10.4 Å². The topological polar surface area (TPSA) is 29.9 Å². The Morgan fingerprint density at radius 1 is 1.32 bits per heavy atom. The molecule has 1 aliphatic heterocycles. The molecule has 0 bridgehead atoms. The molecule has 0 unspecified atom stereocenters. The zero-order chi connectivity index (χ0) is 13.1. The highest BCUT2D eigenvalue weighted by molar-refractivity contribution is 7.99.